The summed E-state index contributed by atoms with van der Waals surface area (Å²) in [6.07, 6.45) is 5.58. The number of likely N-dealkylation sites (tertiary alicyclic amines) is 1. The number of rotatable bonds is 3. The summed E-state index contributed by atoms with van der Waals surface area (Å²) < 4.78 is 0. The molecule has 2 fully saturated rings. The fourth-order valence-electron chi connectivity index (χ4n) is 3.53. The van der Waals surface area contributed by atoms with Crippen molar-refractivity contribution in [1.82, 2.24) is 20.5 Å². The van der Waals surface area contributed by atoms with Crippen LogP contribution in [0.15, 0.2) is 24.5 Å². The molecule has 0 aliphatic carbocycles. The molecule has 6 nitrogen and oxygen atoms in total. The minimum Gasteiger partial charge on any atom is -0.323 e. The molecular weight excluding hydrogens is 280 g/mol. The zero-order valence-corrected chi connectivity index (χ0v) is 13.0. The molecule has 118 valence electrons. The maximum Gasteiger partial charge on any atom is 0.322 e. The summed E-state index contributed by atoms with van der Waals surface area (Å²) in [5.41, 5.74) is 0.425. The van der Waals surface area contributed by atoms with E-state index in [0.29, 0.717) is 0 Å². The quantitative estimate of drug-likeness (QED) is 0.829. The van der Waals surface area contributed by atoms with E-state index in [9.17, 15) is 9.59 Å². The molecule has 2 saturated heterocycles. The average molecular weight is 302 g/mol. The van der Waals surface area contributed by atoms with Gasteiger partial charge in [-0.1, -0.05) is 0 Å². The summed E-state index contributed by atoms with van der Waals surface area (Å²) in [6, 6.07) is 3.95. The third-order valence-electron chi connectivity index (χ3n) is 5.08. The highest BCUT2D eigenvalue weighted by atomic mass is 16.2. The summed E-state index contributed by atoms with van der Waals surface area (Å²) in [5.74, 6) is -0.0853. The van der Waals surface area contributed by atoms with E-state index in [2.05, 4.69) is 27.4 Å². The Morgan fingerprint density at radius 1 is 1.36 bits per heavy atom. The first-order valence-corrected chi connectivity index (χ1v) is 7.78. The smallest absolute Gasteiger partial charge is 0.322 e. The maximum atomic E-state index is 12.1. The number of urea groups is 1. The Kier molecular flexibility index (Phi) is 3.87. The number of hydrogen-bond donors (Lipinski definition) is 2. The summed E-state index contributed by atoms with van der Waals surface area (Å²) in [6.45, 7) is 5.81. The fourth-order valence-corrected chi connectivity index (χ4v) is 3.53. The van der Waals surface area contributed by atoms with Crippen molar-refractivity contribution in [3.63, 3.8) is 0 Å². The van der Waals surface area contributed by atoms with Crippen LogP contribution in [0.3, 0.4) is 0 Å². The van der Waals surface area contributed by atoms with Crippen LogP contribution < -0.4 is 10.6 Å². The van der Waals surface area contributed by atoms with Crippen LogP contribution in [-0.4, -0.2) is 40.5 Å². The molecule has 3 unspecified atom stereocenters. The third-order valence-corrected chi connectivity index (χ3v) is 5.08. The van der Waals surface area contributed by atoms with E-state index >= 15 is 0 Å². The summed E-state index contributed by atoms with van der Waals surface area (Å²) in [7, 11) is 0. The third kappa shape index (κ3) is 2.59. The Bertz CT molecular complexity index is 577. The highest BCUT2D eigenvalue weighted by Crippen LogP contribution is 2.33. The van der Waals surface area contributed by atoms with Gasteiger partial charge in [-0.2, -0.15) is 0 Å². The van der Waals surface area contributed by atoms with E-state index in [1.807, 2.05) is 19.1 Å². The molecule has 3 amide bonds. The number of hydrogen-bond acceptors (Lipinski definition) is 4. The van der Waals surface area contributed by atoms with Crippen LogP contribution in [-0.2, 0) is 4.79 Å². The van der Waals surface area contributed by atoms with Crippen LogP contribution in [0.25, 0.3) is 0 Å². The lowest BCUT2D eigenvalue weighted by Crippen LogP contribution is -2.56. The van der Waals surface area contributed by atoms with Gasteiger partial charge in [0, 0.05) is 30.9 Å². The number of aromatic nitrogens is 1. The van der Waals surface area contributed by atoms with Crippen molar-refractivity contribution in [2.75, 3.05) is 13.1 Å². The zero-order chi connectivity index (χ0) is 15.7. The molecule has 3 heterocycles. The largest absolute Gasteiger partial charge is 0.323 e. The highest BCUT2D eigenvalue weighted by Gasteiger charge is 2.49. The van der Waals surface area contributed by atoms with Crippen LogP contribution in [0, 0.1) is 5.92 Å². The topological polar surface area (TPSA) is 74.3 Å². The van der Waals surface area contributed by atoms with Gasteiger partial charge in [-0.25, -0.2) is 4.79 Å². The average Bonchev–Trinajstić information content (AvgIpc) is 2.81. The lowest BCUT2D eigenvalue weighted by Gasteiger charge is -2.42. The number of nitrogens with zero attached hydrogens (tertiary/aromatic N) is 2. The minimum atomic E-state index is -0.798. The van der Waals surface area contributed by atoms with Gasteiger partial charge < -0.3 is 5.32 Å². The van der Waals surface area contributed by atoms with E-state index in [-0.39, 0.29) is 23.9 Å². The minimum absolute atomic E-state index is 0.122. The van der Waals surface area contributed by atoms with Gasteiger partial charge in [0.2, 0.25) is 0 Å². The van der Waals surface area contributed by atoms with Gasteiger partial charge in [-0.15, -0.1) is 0 Å². The van der Waals surface area contributed by atoms with Crippen molar-refractivity contribution < 1.29 is 9.59 Å². The maximum absolute atomic E-state index is 12.1. The second-order valence-electron chi connectivity index (χ2n) is 6.40. The number of carbonyl (C=O) groups is 2. The number of imide groups is 1. The molecule has 0 radical (unpaired) electrons. The Morgan fingerprint density at radius 2 is 2.09 bits per heavy atom. The predicted octanol–water partition coefficient (Wildman–Crippen LogP) is 1.45. The van der Waals surface area contributed by atoms with Gasteiger partial charge in [0.1, 0.15) is 5.54 Å². The first kappa shape index (κ1) is 15.0. The Hall–Kier alpha value is -1.95. The van der Waals surface area contributed by atoms with E-state index in [0.717, 1.165) is 25.9 Å². The Morgan fingerprint density at radius 3 is 2.73 bits per heavy atom. The Labute approximate surface area is 130 Å². The SMILES string of the molecule is CC(c1ccncc1)N1CCCC(C2(C)NC(=O)NC2=O)C1. The molecule has 2 aliphatic rings. The van der Waals surface area contributed by atoms with Gasteiger partial charge in [0.05, 0.1) is 0 Å². The molecule has 1 aromatic heterocycles. The van der Waals surface area contributed by atoms with Crippen molar-refractivity contribution in [2.45, 2.75) is 38.3 Å². The number of piperidine rings is 1. The number of pyridine rings is 1. The van der Waals surface area contributed by atoms with Crippen LogP contribution in [0.1, 0.15) is 38.3 Å². The van der Waals surface area contributed by atoms with Crippen LogP contribution in [0.5, 0.6) is 0 Å². The zero-order valence-electron chi connectivity index (χ0n) is 13.0. The normalized spacial score (nSPS) is 30.7. The van der Waals surface area contributed by atoms with Gasteiger partial charge in [0.25, 0.3) is 5.91 Å². The van der Waals surface area contributed by atoms with Crippen molar-refractivity contribution in [3.8, 4) is 0 Å². The number of carbonyl (C=O) groups excluding carboxylic acids is 2. The molecule has 0 aromatic carbocycles. The molecule has 0 spiro atoms. The van der Waals surface area contributed by atoms with Gasteiger partial charge >= 0.3 is 6.03 Å². The highest BCUT2D eigenvalue weighted by molar-refractivity contribution is 6.06. The summed E-state index contributed by atoms with van der Waals surface area (Å²) in [4.78, 5) is 30.1. The lowest BCUT2D eigenvalue weighted by atomic mass is 9.79. The van der Waals surface area contributed by atoms with Crippen LogP contribution in [0.2, 0.25) is 0 Å². The predicted molar refractivity (Wildman–Crippen MR) is 82.0 cm³/mol. The summed E-state index contributed by atoms with van der Waals surface area (Å²) in [5, 5.41) is 5.18. The molecule has 6 heteroatoms. The number of amides is 3. The molecule has 22 heavy (non-hydrogen) atoms. The molecular formula is C16H22N4O2. The van der Waals surface area contributed by atoms with Gasteiger partial charge in [-0.05, 0) is 50.9 Å². The molecule has 1 aromatic rings. The lowest BCUT2D eigenvalue weighted by molar-refractivity contribution is -0.126. The molecule has 0 saturated carbocycles. The summed E-state index contributed by atoms with van der Waals surface area (Å²) >= 11 is 0. The standard InChI is InChI=1S/C16H22N4O2/c1-11(12-5-7-17-8-6-12)20-9-3-4-13(10-20)16(2)14(21)18-15(22)19-16/h5-8,11,13H,3-4,9-10H2,1-2H3,(H2,18,19,21,22). The van der Waals surface area contributed by atoms with Crippen molar-refractivity contribution in [1.29, 1.82) is 0 Å². The van der Waals surface area contributed by atoms with E-state index in [1.54, 1.807) is 12.4 Å². The number of nitrogens with one attached hydrogen (secondary N) is 2. The van der Waals surface area contributed by atoms with Gasteiger partial charge in [0.15, 0.2) is 0 Å². The van der Waals surface area contributed by atoms with Crippen molar-refractivity contribution in [3.05, 3.63) is 30.1 Å². The molecule has 2 aliphatic heterocycles. The first-order valence-electron chi connectivity index (χ1n) is 7.78. The van der Waals surface area contributed by atoms with Crippen molar-refractivity contribution in [2.24, 2.45) is 5.92 Å². The molecule has 0 bridgehead atoms. The Balaban J connectivity index is 1.75. The van der Waals surface area contributed by atoms with E-state index in [4.69, 9.17) is 0 Å². The molecule has 3 rings (SSSR count). The fraction of sp³-hybridized carbons (Fsp3) is 0.562. The second kappa shape index (κ2) is 5.68. The monoisotopic (exact) mass is 302 g/mol. The van der Waals surface area contributed by atoms with Crippen LogP contribution >= 0.6 is 0 Å². The van der Waals surface area contributed by atoms with E-state index in [1.165, 1.54) is 5.56 Å². The molecule has 3 atom stereocenters. The van der Waals surface area contributed by atoms with Gasteiger partial charge in [-0.3, -0.25) is 20.0 Å². The first-order chi connectivity index (χ1) is 10.5. The van der Waals surface area contributed by atoms with E-state index < -0.39 is 5.54 Å². The molecule has 2 N–H and O–H groups in total. The van der Waals surface area contributed by atoms with Crippen LogP contribution in [0.4, 0.5) is 4.79 Å². The van der Waals surface area contributed by atoms with Crippen molar-refractivity contribution >= 4 is 11.9 Å². The second-order valence-corrected chi connectivity index (χ2v) is 6.40.